The Labute approximate surface area is 170 Å². The molecule has 3 rings (SSSR count). The predicted octanol–water partition coefficient (Wildman–Crippen LogP) is 3.79. The number of likely N-dealkylation sites (tertiary alicyclic amines) is 1. The Morgan fingerprint density at radius 2 is 1.86 bits per heavy atom. The number of Topliss-reactive ketones (excluding diaryl/α,β-unsaturated/α-hetero) is 1. The van der Waals surface area contributed by atoms with Crippen molar-refractivity contribution in [1.29, 1.82) is 0 Å². The van der Waals surface area contributed by atoms with Crippen molar-refractivity contribution in [3.63, 3.8) is 0 Å². The van der Waals surface area contributed by atoms with Crippen LogP contribution in [0.3, 0.4) is 0 Å². The van der Waals surface area contributed by atoms with E-state index in [4.69, 9.17) is 11.6 Å². The maximum atomic E-state index is 12.7. The molecule has 1 amide bonds. The third-order valence-electron chi connectivity index (χ3n) is 4.63. The van der Waals surface area contributed by atoms with Crippen LogP contribution in [-0.2, 0) is 9.59 Å². The molecular formula is C20H17ClN2O6. The number of nitro benzene ring substituents is 1. The summed E-state index contributed by atoms with van der Waals surface area (Å²) in [5.74, 6) is -2.63. The van der Waals surface area contributed by atoms with Crippen molar-refractivity contribution in [2.24, 2.45) is 0 Å². The molecule has 1 fully saturated rings. The van der Waals surface area contributed by atoms with E-state index >= 15 is 0 Å². The van der Waals surface area contributed by atoms with E-state index in [9.17, 15) is 29.9 Å². The molecule has 9 heteroatoms. The van der Waals surface area contributed by atoms with Gasteiger partial charge in [0.2, 0.25) is 0 Å². The van der Waals surface area contributed by atoms with E-state index in [2.05, 4.69) is 0 Å². The summed E-state index contributed by atoms with van der Waals surface area (Å²) >= 11 is 5.86. The van der Waals surface area contributed by atoms with E-state index in [1.54, 1.807) is 0 Å². The number of carbonyl (C=O) groups excluding carboxylic acids is 2. The summed E-state index contributed by atoms with van der Waals surface area (Å²) in [4.78, 5) is 37.0. The van der Waals surface area contributed by atoms with Crippen molar-refractivity contribution in [3.05, 3.63) is 74.3 Å². The molecule has 8 nitrogen and oxygen atoms in total. The molecule has 1 unspecified atom stereocenters. The molecule has 0 radical (unpaired) electrons. The highest BCUT2D eigenvalue weighted by atomic mass is 35.5. The molecule has 1 atom stereocenters. The number of halogens is 1. The van der Waals surface area contributed by atoms with Crippen LogP contribution in [-0.4, -0.2) is 38.3 Å². The molecule has 0 bridgehead atoms. The van der Waals surface area contributed by atoms with Crippen molar-refractivity contribution >= 4 is 34.7 Å². The van der Waals surface area contributed by atoms with Gasteiger partial charge in [-0.2, -0.15) is 0 Å². The molecule has 1 aliphatic heterocycles. The van der Waals surface area contributed by atoms with E-state index in [1.165, 1.54) is 35.2 Å². The van der Waals surface area contributed by atoms with Crippen molar-refractivity contribution in [2.75, 3.05) is 6.54 Å². The Balaban J connectivity index is 2.23. The number of hydrogen-bond acceptors (Lipinski definition) is 6. The standard InChI is InChI=1S/C20H17ClN2O6/c1-2-9-22-17(12-5-8-15(24)14(10-12)23(28)29)16(19(26)20(22)27)18(25)11-3-6-13(21)7-4-11/h3-8,10,17,24-25H,2,9H2,1H3/b18-16-. The van der Waals surface area contributed by atoms with Crippen LogP contribution in [0.2, 0.25) is 5.02 Å². The summed E-state index contributed by atoms with van der Waals surface area (Å²) in [6.07, 6.45) is 0.532. The fourth-order valence-corrected chi connectivity index (χ4v) is 3.44. The Morgan fingerprint density at radius 1 is 1.21 bits per heavy atom. The lowest BCUT2D eigenvalue weighted by molar-refractivity contribution is -0.385. The monoisotopic (exact) mass is 416 g/mol. The average Bonchev–Trinajstić information content (AvgIpc) is 2.93. The minimum Gasteiger partial charge on any atom is -0.507 e. The summed E-state index contributed by atoms with van der Waals surface area (Å²) in [6.45, 7) is 2.02. The minimum atomic E-state index is -1.02. The molecule has 0 saturated carbocycles. The Kier molecular flexibility index (Phi) is 5.56. The minimum absolute atomic E-state index is 0.175. The predicted molar refractivity (Wildman–Crippen MR) is 106 cm³/mol. The van der Waals surface area contributed by atoms with Gasteiger partial charge in [0.15, 0.2) is 5.75 Å². The molecule has 2 N–H and O–H groups in total. The molecule has 0 spiro atoms. The zero-order chi connectivity index (χ0) is 21.3. The number of aromatic hydroxyl groups is 1. The Hall–Kier alpha value is -3.39. The number of benzene rings is 2. The van der Waals surface area contributed by atoms with Gasteiger partial charge >= 0.3 is 5.69 Å². The summed E-state index contributed by atoms with van der Waals surface area (Å²) in [5, 5.41) is 32.2. The van der Waals surface area contributed by atoms with Gasteiger partial charge in [0.1, 0.15) is 5.76 Å². The zero-order valence-corrected chi connectivity index (χ0v) is 16.1. The number of amides is 1. The van der Waals surface area contributed by atoms with Crippen LogP contribution in [0.1, 0.15) is 30.5 Å². The molecule has 2 aromatic rings. The highest BCUT2D eigenvalue weighted by Gasteiger charge is 2.46. The number of rotatable bonds is 5. The van der Waals surface area contributed by atoms with Gasteiger partial charge in [-0.25, -0.2) is 0 Å². The van der Waals surface area contributed by atoms with E-state index in [0.29, 0.717) is 11.4 Å². The van der Waals surface area contributed by atoms with Crippen molar-refractivity contribution in [1.82, 2.24) is 4.90 Å². The van der Waals surface area contributed by atoms with Crippen molar-refractivity contribution in [2.45, 2.75) is 19.4 Å². The quantitative estimate of drug-likeness (QED) is 0.251. The van der Waals surface area contributed by atoms with Crippen LogP contribution >= 0.6 is 11.6 Å². The van der Waals surface area contributed by atoms with Gasteiger partial charge < -0.3 is 15.1 Å². The summed E-state index contributed by atoms with van der Waals surface area (Å²) in [7, 11) is 0. The number of carbonyl (C=O) groups is 2. The van der Waals surface area contributed by atoms with Gasteiger partial charge in [0.05, 0.1) is 16.5 Å². The molecule has 150 valence electrons. The van der Waals surface area contributed by atoms with Crippen LogP contribution in [0.25, 0.3) is 5.76 Å². The number of ketones is 1. The Morgan fingerprint density at radius 3 is 2.45 bits per heavy atom. The van der Waals surface area contributed by atoms with E-state index in [-0.39, 0.29) is 23.2 Å². The number of aliphatic hydroxyl groups is 1. The van der Waals surface area contributed by atoms with Crippen molar-refractivity contribution in [3.8, 4) is 5.75 Å². The second kappa shape index (κ2) is 7.92. The van der Waals surface area contributed by atoms with E-state index in [1.807, 2.05) is 6.92 Å². The lowest BCUT2D eigenvalue weighted by Crippen LogP contribution is -2.30. The first kappa shape index (κ1) is 20.3. The van der Waals surface area contributed by atoms with Crippen LogP contribution in [0, 0.1) is 10.1 Å². The van der Waals surface area contributed by atoms with Gasteiger partial charge in [-0.3, -0.25) is 19.7 Å². The largest absolute Gasteiger partial charge is 0.507 e. The van der Waals surface area contributed by atoms with Crippen LogP contribution < -0.4 is 0 Å². The fourth-order valence-electron chi connectivity index (χ4n) is 3.32. The van der Waals surface area contributed by atoms with Crippen LogP contribution in [0.15, 0.2) is 48.0 Å². The van der Waals surface area contributed by atoms with Crippen LogP contribution in [0.4, 0.5) is 5.69 Å². The Bertz CT molecular complexity index is 1030. The number of phenols is 1. The smallest absolute Gasteiger partial charge is 0.311 e. The molecule has 29 heavy (non-hydrogen) atoms. The van der Waals surface area contributed by atoms with Crippen LogP contribution in [0.5, 0.6) is 5.75 Å². The number of phenolic OH excluding ortho intramolecular Hbond substituents is 1. The number of nitro groups is 1. The maximum absolute atomic E-state index is 12.7. The van der Waals surface area contributed by atoms with E-state index in [0.717, 1.165) is 12.1 Å². The second-order valence-corrected chi connectivity index (χ2v) is 6.94. The summed E-state index contributed by atoms with van der Waals surface area (Å²) in [5.41, 5.74) is -0.221. The summed E-state index contributed by atoms with van der Waals surface area (Å²) < 4.78 is 0. The normalized spacial score (nSPS) is 18.3. The molecule has 1 saturated heterocycles. The van der Waals surface area contributed by atoms with Gasteiger partial charge in [0.25, 0.3) is 11.7 Å². The average molecular weight is 417 g/mol. The topological polar surface area (TPSA) is 121 Å². The van der Waals surface area contributed by atoms with Gasteiger partial charge in [0, 0.05) is 23.2 Å². The lowest BCUT2D eigenvalue weighted by atomic mass is 9.94. The first-order valence-corrected chi connectivity index (χ1v) is 9.15. The molecule has 0 aromatic heterocycles. The van der Waals surface area contributed by atoms with E-state index < -0.39 is 39.9 Å². The third-order valence-corrected chi connectivity index (χ3v) is 4.89. The number of nitrogens with zero attached hydrogens (tertiary/aromatic N) is 2. The number of aliphatic hydroxyl groups excluding tert-OH is 1. The summed E-state index contributed by atoms with van der Waals surface area (Å²) in [6, 6.07) is 8.65. The van der Waals surface area contributed by atoms with Crippen molar-refractivity contribution < 1.29 is 24.7 Å². The van der Waals surface area contributed by atoms with Gasteiger partial charge in [-0.05, 0) is 42.3 Å². The highest BCUT2D eigenvalue weighted by molar-refractivity contribution is 6.46. The zero-order valence-electron chi connectivity index (χ0n) is 15.3. The molecule has 2 aromatic carbocycles. The molecule has 1 heterocycles. The number of hydrogen-bond donors (Lipinski definition) is 2. The molecular weight excluding hydrogens is 400 g/mol. The second-order valence-electron chi connectivity index (χ2n) is 6.50. The van der Waals surface area contributed by atoms with Gasteiger partial charge in [-0.1, -0.05) is 24.6 Å². The van der Waals surface area contributed by atoms with Gasteiger partial charge in [-0.15, -0.1) is 0 Å². The first-order chi connectivity index (χ1) is 13.8. The first-order valence-electron chi connectivity index (χ1n) is 8.78. The maximum Gasteiger partial charge on any atom is 0.311 e. The fraction of sp³-hybridized carbons (Fsp3) is 0.200. The third kappa shape index (κ3) is 3.66. The molecule has 0 aliphatic carbocycles. The molecule has 1 aliphatic rings. The SMILES string of the molecule is CCCN1C(=O)C(=O)/C(=C(\O)c2ccc(Cl)cc2)C1c1ccc(O)c([N+](=O)[O-])c1. The highest BCUT2D eigenvalue weighted by Crippen LogP contribution is 2.41. The lowest BCUT2D eigenvalue weighted by Gasteiger charge is -2.24.